The van der Waals surface area contributed by atoms with E-state index in [4.69, 9.17) is 5.73 Å². The van der Waals surface area contributed by atoms with Gasteiger partial charge >= 0.3 is 0 Å². The first-order valence-corrected chi connectivity index (χ1v) is 6.76. The standard InChI is InChI=1S/C14H15N3OS/c1-10(14-16-8-9-19-14)17-13(18)7-4-11-2-5-12(15)6-3-11/h2-10H,15H2,1H3,(H,17,18)/b7-4+. The molecule has 0 aliphatic carbocycles. The van der Waals surface area contributed by atoms with E-state index in [1.54, 1.807) is 24.4 Å². The van der Waals surface area contributed by atoms with Crippen molar-refractivity contribution in [3.05, 3.63) is 52.5 Å². The van der Waals surface area contributed by atoms with E-state index in [9.17, 15) is 4.79 Å². The smallest absolute Gasteiger partial charge is 0.244 e. The van der Waals surface area contributed by atoms with E-state index in [1.807, 2.05) is 24.4 Å². The number of nitrogen functional groups attached to an aromatic ring is 1. The largest absolute Gasteiger partial charge is 0.399 e. The van der Waals surface area contributed by atoms with E-state index < -0.39 is 0 Å². The Morgan fingerprint density at radius 3 is 2.79 bits per heavy atom. The number of aromatic nitrogens is 1. The lowest BCUT2D eigenvalue weighted by Crippen LogP contribution is -2.24. The van der Waals surface area contributed by atoms with Crippen LogP contribution in [-0.4, -0.2) is 10.9 Å². The van der Waals surface area contributed by atoms with Crippen LogP contribution in [0.4, 0.5) is 5.69 Å². The highest BCUT2D eigenvalue weighted by molar-refractivity contribution is 7.09. The number of benzene rings is 1. The second-order valence-electron chi connectivity index (χ2n) is 4.10. The second kappa shape index (κ2) is 6.15. The first-order valence-electron chi connectivity index (χ1n) is 5.88. The van der Waals surface area contributed by atoms with Crippen molar-refractivity contribution < 1.29 is 4.79 Å². The molecular weight excluding hydrogens is 258 g/mol. The SMILES string of the molecule is CC(NC(=O)/C=C/c1ccc(N)cc1)c1nccs1. The molecule has 1 aromatic carbocycles. The van der Waals surface area contributed by atoms with Crippen LogP contribution < -0.4 is 11.1 Å². The van der Waals surface area contributed by atoms with Crippen LogP contribution in [0.5, 0.6) is 0 Å². The fourth-order valence-electron chi connectivity index (χ4n) is 1.55. The van der Waals surface area contributed by atoms with Crippen molar-refractivity contribution in [2.45, 2.75) is 13.0 Å². The highest BCUT2D eigenvalue weighted by Gasteiger charge is 2.09. The zero-order valence-corrected chi connectivity index (χ0v) is 11.4. The zero-order valence-electron chi connectivity index (χ0n) is 10.5. The van der Waals surface area contributed by atoms with Crippen molar-refractivity contribution in [3.8, 4) is 0 Å². The topological polar surface area (TPSA) is 68.0 Å². The minimum absolute atomic E-state index is 0.0800. The predicted molar refractivity (Wildman–Crippen MR) is 78.6 cm³/mol. The fraction of sp³-hybridized carbons (Fsp3) is 0.143. The summed E-state index contributed by atoms with van der Waals surface area (Å²) in [5.74, 6) is -0.139. The number of amides is 1. The molecule has 0 radical (unpaired) electrons. The third-order valence-electron chi connectivity index (χ3n) is 2.54. The lowest BCUT2D eigenvalue weighted by molar-refractivity contribution is -0.117. The van der Waals surface area contributed by atoms with Gasteiger partial charge in [0.15, 0.2) is 0 Å². The molecule has 1 atom stereocenters. The molecule has 5 heteroatoms. The van der Waals surface area contributed by atoms with Gasteiger partial charge in [-0.15, -0.1) is 11.3 Å². The van der Waals surface area contributed by atoms with Crippen molar-refractivity contribution >= 4 is 29.0 Å². The third kappa shape index (κ3) is 3.93. The summed E-state index contributed by atoms with van der Waals surface area (Å²) in [6.45, 7) is 1.91. The van der Waals surface area contributed by atoms with Gasteiger partial charge in [-0.1, -0.05) is 12.1 Å². The molecule has 0 spiro atoms. The molecule has 0 saturated carbocycles. The average Bonchev–Trinajstić information content (AvgIpc) is 2.92. The molecule has 3 N–H and O–H groups in total. The van der Waals surface area contributed by atoms with Gasteiger partial charge in [0.2, 0.25) is 5.91 Å². The normalized spacial score (nSPS) is 12.5. The number of hydrogen-bond acceptors (Lipinski definition) is 4. The van der Waals surface area contributed by atoms with Gasteiger partial charge in [-0.3, -0.25) is 4.79 Å². The van der Waals surface area contributed by atoms with Gasteiger partial charge in [-0.2, -0.15) is 0 Å². The molecule has 0 fully saturated rings. The lowest BCUT2D eigenvalue weighted by atomic mass is 10.2. The van der Waals surface area contributed by atoms with Crippen LogP contribution in [-0.2, 0) is 4.79 Å². The molecule has 4 nitrogen and oxygen atoms in total. The number of nitrogens with one attached hydrogen (secondary N) is 1. The number of carbonyl (C=O) groups is 1. The van der Waals surface area contributed by atoms with Crippen molar-refractivity contribution in [3.63, 3.8) is 0 Å². The number of rotatable bonds is 4. The van der Waals surface area contributed by atoms with Crippen molar-refractivity contribution in [1.29, 1.82) is 0 Å². The number of carbonyl (C=O) groups excluding carboxylic acids is 1. The number of thiazole rings is 1. The van der Waals surface area contributed by atoms with E-state index in [2.05, 4.69) is 10.3 Å². The van der Waals surface area contributed by atoms with Gasteiger partial charge in [0.1, 0.15) is 5.01 Å². The summed E-state index contributed by atoms with van der Waals surface area (Å²) in [6.07, 6.45) is 4.99. The van der Waals surface area contributed by atoms with Crippen LogP contribution in [0.15, 0.2) is 41.9 Å². The zero-order chi connectivity index (χ0) is 13.7. The Hall–Kier alpha value is -2.14. The van der Waals surface area contributed by atoms with Crippen LogP contribution in [0.2, 0.25) is 0 Å². The quantitative estimate of drug-likeness (QED) is 0.664. The Morgan fingerprint density at radius 2 is 2.16 bits per heavy atom. The van der Waals surface area contributed by atoms with E-state index in [0.717, 1.165) is 10.6 Å². The Labute approximate surface area is 116 Å². The van der Waals surface area contributed by atoms with Crippen LogP contribution in [0.25, 0.3) is 6.08 Å². The summed E-state index contributed by atoms with van der Waals surface area (Å²) in [7, 11) is 0. The predicted octanol–water partition coefficient (Wildman–Crippen LogP) is 2.62. The highest BCUT2D eigenvalue weighted by Crippen LogP contribution is 2.14. The summed E-state index contributed by atoms with van der Waals surface area (Å²) in [5, 5.41) is 5.65. The maximum absolute atomic E-state index is 11.7. The fourth-order valence-corrected chi connectivity index (χ4v) is 2.20. The van der Waals surface area contributed by atoms with Gasteiger partial charge in [-0.05, 0) is 30.7 Å². The van der Waals surface area contributed by atoms with Crippen molar-refractivity contribution in [2.75, 3.05) is 5.73 Å². The number of nitrogens with zero attached hydrogens (tertiary/aromatic N) is 1. The molecule has 19 heavy (non-hydrogen) atoms. The van der Waals surface area contributed by atoms with E-state index in [-0.39, 0.29) is 11.9 Å². The van der Waals surface area contributed by atoms with Gasteiger partial charge < -0.3 is 11.1 Å². The van der Waals surface area contributed by atoms with Crippen LogP contribution in [0.1, 0.15) is 23.5 Å². The summed E-state index contributed by atoms with van der Waals surface area (Å²) < 4.78 is 0. The first-order chi connectivity index (χ1) is 9.15. The lowest BCUT2D eigenvalue weighted by Gasteiger charge is -2.08. The van der Waals surface area contributed by atoms with Crippen LogP contribution in [0.3, 0.4) is 0 Å². The minimum atomic E-state index is -0.139. The molecule has 1 amide bonds. The van der Waals surface area contributed by atoms with E-state index >= 15 is 0 Å². The van der Waals surface area contributed by atoms with Crippen LogP contribution >= 0.6 is 11.3 Å². The maximum Gasteiger partial charge on any atom is 0.244 e. The van der Waals surface area contributed by atoms with Crippen molar-refractivity contribution in [2.24, 2.45) is 0 Å². The summed E-state index contributed by atoms with van der Waals surface area (Å²) in [6, 6.07) is 7.25. The molecule has 2 aromatic rings. The number of anilines is 1. The first kappa shape index (κ1) is 13.3. The average molecular weight is 273 g/mol. The summed E-state index contributed by atoms with van der Waals surface area (Å²) in [5.41, 5.74) is 7.24. The molecule has 1 heterocycles. The third-order valence-corrected chi connectivity index (χ3v) is 3.50. The van der Waals surface area contributed by atoms with Gasteiger partial charge in [0.05, 0.1) is 6.04 Å². The van der Waals surface area contributed by atoms with Gasteiger partial charge in [-0.25, -0.2) is 4.98 Å². The Morgan fingerprint density at radius 1 is 1.42 bits per heavy atom. The van der Waals surface area contributed by atoms with Crippen molar-refractivity contribution in [1.82, 2.24) is 10.3 Å². The molecule has 0 bridgehead atoms. The second-order valence-corrected chi connectivity index (χ2v) is 5.03. The molecule has 2 rings (SSSR count). The molecule has 0 saturated heterocycles. The molecule has 98 valence electrons. The number of hydrogen-bond donors (Lipinski definition) is 2. The summed E-state index contributed by atoms with van der Waals surface area (Å²) >= 11 is 1.53. The Bertz CT molecular complexity index is 561. The number of nitrogens with two attached hydrogens (primary N) is 1. The molecule has 1 unspecified atom stereocenters. The summed E-state index contributed by atoms with van der Waals surface area (Å²) in [4.78, 5) is 15.9. The Balaban J connectivity index is 1.92. The molecule has 0 aliphatic heterocycles. The van der Waals surface area contributed by atoms with E-state index in [0.29, 0.717) is 5.69 Å². The molecule has 1 aromatic heterocycles. The molecular formula is C14H15N3OS. The maximum atomic E-state index is 11.7. The van der Waals surface area contributed by atoms with Gasteiger partial charge in [0.25, 0.3) is 0 Å². The molecule has 0 aliphatic rings. The van der Waals surface area contributed by atoms with E-state index in [1.165, 1.54) is 17.4 Å². The highest BCUT2D eigenvalue weighted by atomic mass is 32.1. The monoisotopic (exact) mass is 273 g/mol. The van der Waals surface area contributed by atoms with Crippen LogP contribution in [0, 0.1) is 0 Å². The van der Waals surface area contributed by atoms with Gasteiger partial charge in [0, 0.05) is 23.3 Å². The Kier molecular flexibility index (Phi) is 4.30. The minimum Gasteiger partial charge on any atom is -0.399 e.